The predicted molar refractivity (Wildman–Crippen MR) is 107 cm³/mol. The Labute approximate surface area is 155 Å². The molecule has 2 heterocycles. The molecule has 0 fully saturated rings. The summed E-state index contributed by atoms with van der Waals surface area (Å²) in [6, 6.07) is 24.2. The molecule has 0 spiro atoms. The fourth-order valence-electron chi connectivity index (χ4n) is 2.77. The average molecular weight is 364 g/mol. The van der Waals surface area contributed by atoms with Gasteiger partial charge in [0.2, 0.25) is 5.91 Å². The van der Waals surface area contributed by atoms with E-state index in [-0.39, 0.29) is 11.2 Å². The smallest absolute Gasteiger partial charge is 0.249 e. The molecular formula is C20H16N2OS2. The highest BCUT2D eigenvalue weighted by Crippen LogP contribution is 2.42. The number of rotatable bonds is 3. The number of aliphatic imine (C=N–C) groups is 1. The molecule has 2 aromatic carbocycles. The van der Waals surface area contributed by atoms with Crippen LogP contribution in [0.25, 0.3) is 0 Å². The summed E-state index contributed by atoms with van der Waals surface area (Å²) in [5.41, 5.74) is 2.00. The molecule has 0 radical (unpaired) electrons. The van der Waals surface area contributed by atoms with Gasteiger partial charge in [-0.25, -0.2) is 0 Å². The Morgan fingerprint density at radius 2 is 1.52 bits per heavy atom. The van der Waals surface area contributed by atoms with Crippen LogP contribution in [0, 0.1) is 0 Å². The zero-order valence-corrected chi connectivity index (χ0v) is 15.0. The van der Waals surface area contributed by atoms with Crippen molar-refractivity contribution in [1.82, 2.24) is 0 Å². The molecule has 0 aliphatic carbocycles. The number of thioether (sulfide) groups is 1. The van der Waals surface area contributed by atoms with E-state index < -0.39 is 0 Å². The van der Waals surface area contributed by atoms with Crippen LogP contribution in [0.4, 0.5) is 11.4 Å². The van der Waals surface area contributed by atoms with Crippen molar-refractivity contribution < 1.29 is 4.79 Å². The van der Waals surface area contributed by atoms with Crippen LogP contribution in [-0.4, -0.2) is 11.1 Å². The highest BCUT2D eigenvalue weighted by molar-refractivity contribution is 8.14. The second kappa shape index (κ2) is 7.25. The van der Waals surface area contributed by atoms with E-state index in [9.17, 15) is 4.79 Å². The zero-order valence-electron chi connectivity index (χ0n) is 13.4. The first-order chi connectivity index (χ1) is 12.3. The van der Waals surface area contributed by atoms with Gasteiger partial charge in [-0.1, -0.05) is 54.2 Å². The van der Waals surface area contributed by atoms with Crippen molar-refractivity contribution in [1.29, 1.82) is 0 Å². The Bertz CT molecular complexity index is 837. The van der Waals surface area contributed by atoms with Gasteiger partial charge in [0, 0.05) is 22.7 Å². The molecule has 0 bridgehead atoms. The third-order valence-corrected chi connectivity index (χ3v) is 6.23. The maximum absolute atomic E-state index is 12.3. The summed E-state index contributed by atoms with van der Waals surface area (Å²) in [6.07, 6.45) is 0.450. The van der Waals surface area contributed by atoms with E-state index in [1.54, 1.807) is 23.1 Å². The maximum atomic E-state index is 12.3. The number of benzene rings is 2. The Morgan fingerprint density at radius 1 is 0.880 bits per heavy atom. The van der Waals surface area contributed by atoms with Gasteiger partial charge in [-0.15, -0.1) is 11.3 Å². The lowest BCUT2D eigenvalue weighted by atomic mass is 10.2. The van der Waals surface area contributed by atoms with E-state index >= 15 is 0 Å². The minimum atomic E-state index is -0.0657. The van der Waals surface area contributed by atoms with Crippen LogP contribution in [0.5, 0.6) is 0 Å². The predicted octanol–water partition coefficient (Wildman–Crippen LogP) is 5.65. The lowest BCUT2D eigenvalue weighted by Crippen LogP contribution is -2.28. The molecule has 1 amide bonds. The van der Waals surface area contributed by atoms with Crippen molar-refractivity contribution in [2.45, 2.75) is 11.7 Å². The number of para-hydroxylation sites is 2. The first-order valence-electron chi connectivity index (χ1n) is 8.03. The van der Waals surface area contributed by atoms with Gasteiger partial charge in [0.25, 0.3) is 0 Å². The topological polar surface area (TPSA) is 32.7 Å². The summed E-state index contributed by atoms with van der Waals surface area (Å²) >= 11 is 3.35. The number of amidine groups is 1. The van der Waals surface area contributed by atoms with Gasteiger partial charge < -0.3 is 0 Å². The number of hydrogen-bond acceptors (Lipinski definition) is 4. The normalized spacial score (nSPS) is 17.2. The van der Waals surface area contributed by atoms with Crippen LogP contribution >= 0.6 is 23.1 Å². The molecule has 1 aliphatic rings. The quantitative estimate of drug-likeness (QED) is 0.602. The molecule has 3 nitrogen and oxygen atoms in total. The second-order valence-corrected chi connectivity index (χ2v) is 7.77. The SMILES string of the molecule is O=C1C[C@H](c2cccs2)SC(N(c2ccccc2)c2ccccc2)=N1. The summed E-state index contributed by atoms with van der Waals surface area (Å²) in [5.74, 6) is -0.0657. The van der Waals surface area contributed by atoms with Crippen molar-refractivity contribution in [2.75, 3.05) is 4.90 Å². The standard InChI is InChI=1S/C20H16N2OS2/c23-19-14-18(17-12-7-13-24-17)25-20(21-19)22(15-8-3-1-4-9-15)16-10-5-2-6-11-16/h1-13,18H,14H2/t18-/m1/s1. The molecule has 0 unspecified atom stereocenters. The van der Waals surface area contributed by atoms with Gasteiger partial charge in [0.1, 0.15) is 0 Å². The maximum Gasteiger partial charge on any atom is 0.249 e. The highest BCUT2D eigenvalue weighted by atomic mass is 32.2. The van der Waals surface area contributed by atoms with Gasteiger partial charge in [0.05, 0.1) is 5.25 Å². The van der Waals surface area contributed by atoms with E-state index in [4.69, 9.17) is 0 Å². The lowest BCUT2D eigenvalue weighted by molar-refractivity contribution is -0.117. The molecule has 25 heavy (non-hydrogen) atoms. The number of hydrogen-bond donors (Lipinski definition) is 0. The summed E-state index contributed by atoms with van der Waals surface area (Å²) in [7, 11) is 0. The highest BCUT2D eigenvalue weighted by Gasteiger charge is 2.29. The lowest BCUT2D eigenvalue weighted by Gasteiger charge is -2.30. The third kappa shape index (κ3) is 3.52. The van der Waals surface area contributed by atoms with Gasteiger partial charge in [0.15, 0.2) is 5.17 Å². The van der Waals surface area contributed by atoms with E-state index in [1.165, 1.54) is 4.88 Å². The molecule has 1 aromatic heterocycles. The van der Waals surface area contributed by atoms with Gasteiger partial charge in [-0.3, -0.25) is 9.69 Å². The number of amides is 1. The zero-order chi connectivity index (χ0) is 17.1. The van der Waals surface area contributed by atoms with E-state index in [0.29, 0.717) is 6.42 Å². The number of carbonyl (C=O) groups is 1. The van der Waals surface area contributed by atoms with Crippen molar-refractivity contribution in [3.05, 3.63) is 83.1 Å². The van der Waals surface area contributed by atoms with Crippen LogP contribution in [0.3, 0.4) is 0 Å². The summed E-state index contributed by atoms with van der Waals surface area (Å²) in [5, 5.41) is 2.90. The largest absolute Gasteiger partial charge is 0.289 e. The average Bonchev–Trinajstić information content (AvgIpc) is 3.18. The molecule has 0 saturated carbocycles. The Kier molecular flexibility index (Phi) is 4.68. The summed E-state index contributed by atoms with van der Waals surface area (Å²) in [4.78, 5) is 20.0. The summed E-state index contributed by atoms with van der Waals surface area (Å²) < 4.78 is 0. The first kappa shape index (κ1) is 16.1. The monoisotopic (exact) mass is 364 g/mol. The number of thiophene rings is 1. The van der Waals surface area contributed by atoms with E-state index in [1.807, 2.05) is 66.7 Å². The molecule has 0 saturated heterocycles. The number of nitrogens with zero attached hydrogens (tertiary/aromatic N) is 2. The van der Waals surface area contributed by atoms with Crippen molar-refractivity contribution in [3.8, 4) is 0 Å². The van der Waals surface area contributed by atoms with Crippen LogP contribution in [-0.2, 0) is 4.79 Å². The van der Waals surface area contributed by atoms with Gasteiger partial charge >= 0.3 is 0 Å². The van der Waals surface area contributed by atoms with Crippen LogP contribution in [0.2, 0.25) is 0 Å². The molecule has 124 valence electrons. The van der Waals surface area contributed by atoms with E-state index in [0.717, 1.165) is 16.5 Å². The van der Waals surface area contributed by atoms with Crippen molar-refractivity contribution in [3.63, 3.8) is 0 Å². The van der Waals surface area contributed by atoms with Crippen LogP contribution in [0.15, 0.2) is 83.2 Å². The van der Waals surface area contributed by atoms with Gasteiger partial charge in [-0.2, -0.15) is 4.99 Å². The Morgan fingerprint density at radius 3 is 2.08 bits per heavy atom. The number of carbonyl (C=O) groups excluding carboxylic acids is 1. The number of anilines is 2. The minimum Gasteiger partial charge on any atom is -0.289 e. The molecule has 0 N–H and O–H groups in total. The summed E-state index contributed by atoms with van der Waals surface area (Å²) in [6.45, 7) is 0. The minimum absolute atomic E-state index is 0.0657. The fraction of sp³-hybridized carbons (Fsp3) is 0.100. The van der Waals surface area contributed by atoms with Crippen molar-refractivity contribution >= 4 is 45.5 Å². The van der Waals surface area contributed by atoms with Crippen molar-refractivity contribution in [2.24, 2.45) is 4.99 Å². The fourth-order valence-corrected chi connectivity index (χ4v) is 4.93. The molecule has 3 aromatic rings. The van der Waals surface area contributed by atoms with Crippen LogP contribution < -0.4 is 4.90 Å². The Hall–Kier alpha value is -2.37. The molecular weight excluding hydrogens is 348 g/mol. The van der Waals surface area contributed by atoms with Crippen LogP contribution in [0.1, 0.15) is 16.5 Å². The molecule has 1 aliphatic heterocycles. The molecule has 1 atom stereocenters. The molecule has 5 heteroatoms. The first-order valence-corrected chi connectivity index (χ1v) is 9.79. The Balaban J connectivity index is 1.75. The van der Waals surface area contributed by atoms with Gasteiger partial charge in [-0.05, 0) is 35.7 Å². The van der Waals surface area contributed by atoms with E-state index in [2.05, 4.69) is 21.3 Å². The third-order valence-electron chi connectivity index (χ3n) is 3.91. The second-order valence-electron chi connectivity index (χ2n) is 5.62. The molecule has 4 rings (SSSR count).